The molecule has 2 rings (SSSR count). The van der Waals surface area contributed by atoms with Gasteiger partial charge in [0.25, 0.3) is 0 Å². The molecule has 0 aromatic carbocycles. The van der Waals surface area contributed by atoms with Crippen LogP contribution in [-0.4, -0.2) is 34.4 Å². The topological polar surface area (TPSA) is 49.5 Å². The zero-order chi connectivity index (χ0) is 12.4. The summed E-state index contributed by atoms with van der Waals surface area (Å²) in [7, 11) is 0. The Morgan fingerprint density at radius 3 is 2.76 bits per heavy atom. The van der Waals surface area contributed by atoms with Crippen molar-refractivity contribution in [2.75, 3.05) is 13.2 Å². The molecule has 1 saturated heterocycles. The Kier molecular flexibility index (Phi) is 3.84. The highest BCUT2D eigenvalue weighted by molar-refractivity contribution is 5.20. The zero-order valence-corrected chi connectivity index (χ0v) is 10.9. The van der Waals surface area contributed by atoms with E-state index in [0.29, 0.717) is 18.6 Å². The summed E-state index contributed by atoms with van der Waals surface area (Å²) < 4.78 is 5.20. The van der Waals surface area contributed by atoms with Gasteiger partial charge < -0.3 is 9.63 Å². The van der Waals surface area contributed by atoms with Crippen LogP contribution in [-0.2, 0) is 6.54 Å². The molecule has 0 spiro atoms. The lowest BCUT2D eigenvalue weighted by Gasteiger charge is -2.37. The number of aliphatic hydroxyl groups excluding tert-OH is 1. The molecule has 1 N–H and O–H groups in total. The van der Waals surface area contributed by atoms with Crippen molar-refractivity contribution < 1.29 is 9.63 Å². The van der Waals surface area contributed by atoms with Crippen LogP contribution in [0.4, 0.5) is 0 Å². The summed E-state index contributed by atoms with van der Waals surface area (Å²) >= 11 is 0. The van der Waals surface area contributed by atoms with Crippen molar-refractivity contribution >= 4 is 0 Å². The number of nitrogens with zero attached hydrogens (tertiary/aromatic N) is 2. The predicted molar refractivity (Wildman–Crippen MR) is 65.7 cm³/mol. The van der Waals surface area contributed by atoms with E-state index in [4.69, 9.17) is 4.52 Å². The van der Waals surface area contributed by atoms with Gasteiger partial charge in [-0.1, -0.05) is 5.16 Å². The van der Waals surface area contributed by atoms with Crippen LogP contribution in [0, 0.1) is 19.8 Å². The zero-order valence-electron chi connectivity index (χ0n) is 10.9. The summed E-state index contributed by atoms with van der Waals surface area (Å²) in [5.74, 6) is 1.34. The lowest BCUT2D eigenvalue weighted by Crippen LogP contribution is -2.42. The van der Waals surface area contributed by atoms with E-state index in [1.165, 1.54) is 5.56 Å². The summed E-state index contributed by atoms with van der Waals surface area (Å²) in [5, 5.41) is 13.3. The van der Waals surface area contributed by atoms with Gasteiger partial charge in [-0.15, -0.1) is 0 Å². The van der Waals surface area contributed by atoms with E-state index >= 15 is 0 Å². The fourth-order valence-electron chi connectivity index (χ4n) is 2.56. The number of aryl methyl sites for hydroxylation is 2. The minimum atomic E-state index is 0.296. The van der Waals surface area contributed by atoms with Crippen molar-refractivity contribution in [1.29, 1.82) is 0 Å². The Balaban J connectivity index is 2.06. The highest BCUT2D eigenvalue weighted by Gasteiger charge is 2.26. The van der Waals surface area contributed by atoms with Crippen molar-refractivity contribution in [3.05, 3.63) is 17.0 Å². The molecule has 0 radical (unpaired) electrons. The molecule has 1 aliphatic heterocycles. The molecule has 0 amide bonds. The van der Waals surface area contributed by atoms with Crippen LogP contribution in [0.5, 0.6) is 0 Å². The van der Waals surface area contributed by atoms with E-state index in [-0.39, 0.29) is 0 Å². The monoisotopic (exact) mass is 238 g/mol. The minimum absolute atomic E-state index is 0.296. The largest absolute Gasteiger partial charge is 0.396 e. The van der Waals surface area contributed by atoms with Gasteiger partial charge in [0.1, 0.15) is 5.76 Å². The van der Waals surface area contributed by atoms with Crippen molar-refractivity contribution in [2.45, 2.75) is 46.2 Å². The Morgan fingerprint density at radius 1 is 1.41 bits per heavy atom. The molecule has 2 atom stereocenters. The van der Waals surface area contributed by atoms with E-state index in [2.05, 4.69) is 17.0 Å². The van der Waals surface area contributed by atoms with Crippen LogP contribution >= 0.6 is 0 Å². The quantitative estimate of drug-likeness (QED) is 0.873. The fourth-order valence-corrected chi connectivity index (χ4v) is 2.56. The maximum Gasteiger partial charge on any atom is 0.138 e. The molecule has 1 aromatic rings. The first-order chi connectivity index (χ1) is 8.11. The number of likely N-dealkylation sites (tertiary alicyclic amines) is 1. The number of hydrogen-bond acceptors (Lipinski definition) is 4. The molecule has 2 heterocycles. The van der Waals surface area contributed by atoms with Crippen LogP contribution in [0.15, 0.2) is 4.52 Å². The molecule has 0 aliphatic carbocycles. The van der Waals surface area contributed by atoms with Crippen molar-refractivity contribution in [3.8, 4) is 0 Å². The van der Waals surface area contributed by atoms with E-state index < -0.39 is 0 Å². The molecule has 2 unspecified atom stereocenters. The van der Waals surface area contributed by atoms with E-state index in [1.54, 1.807) is 0 Å². The van der Waals surface area contributed by atoms with Gasteiger partial charge in [-0.25, -0.2) is 0 Å². The first kappa shape index (κ1) is 12.6. The van der Waals surface area contributed by atoms with Crippen molar-refractivity contribution in [1.82, 2.24) is 10.1 Å². The summed E-state index contributed by atoms with van der Waals surface area (Å²) in [5.41, 5.74) is 2.19. The molecule has 4 heteroatoms. The molecule has 1 aliphatic rings. The van der Waals surface area contributed by atoms with E-state index in [1.807, 2.05) is 13.8 Å². The Morgan fingerprint density at radius 2 is 2.18 bits per heavy atom. The third kappa shape index (κ3) is 2.69. The van der Waals surface area contributed by atoms with E-state index in [0.717, 1.165) is 37.4 Å². The third-order valence-corrected chi connectivity index (χ3v) is 3.91. The van der Waals surface area contributed by atoms with Gasteiger partial charge in [-0.05, 0) is 39.5 Å². The number of hydrogen-bond donors (Lipinski definition) is 1. The summed E-state index contributed by atoms with van der Waals surface area (Å²) in [6.45, 7) is 8.37. The van der Waals surface area contributed by atoms with Crippen LogP contribution in [0.2, 0.25) is 0 Å². The van der Waals surface area contributed by atoms with Crippen LogP contribution in [0.25, 0.3) is 0 Å². The van der Waals surface area contributed by atoms with Gasteiger partial charge in [-0.2, -0.15) is 0 Å². The molecule has 1 fully saturated rings. The number of rotatable bonds is 3. The maximum atomic E-state index is 9.27. The van der Waals surface area contributed by atoms with Gasteiger partial charge in [0.05, 0.1) is 5.69 Å². The van der Waals surface area contributed by atoms with Crippen molar-refractivity contribution in [2.24, 2.45) is 5.92 Å². The summed E-state index contributed by atoms with van der Waals surface area (Å²) in [4.78, 5) is 2.43. The first-order valence-corrected chi connectivity index (χ1v) is 6.38. The van der Waals surface area contributed by atoms with Gasteiger partial charge in [0.2, 0.25) is 0 Å². The second-order valence-electron chi connectivity index (χ2n) is 5.21. The molecule has 4 nitrogen and oxygen atoms in total. The van der Waals surface area contributed by atoms with Crippen molar-refractivity contribution in [3.63, 3.8) is 0 Å². The third-order valence-electron chi connectivity index (χ3n) is 3.91. The molecule has 1 aromatic heterocycles. The SMILES string of the molecule is Cc1noc(C)c1CN1CC(CO)CCC1C. The first-order valence-electron chi connectivity index (χ1n) is 6.38. The van der Waals surface area contributed by atoms with Gasteiger partial charge in [-0.3, -0.25) is 4.90 Å². The van der Waals surface area contributed by atoms with Gasteiger partial charge in [0.15, 0.2) is 0 Å². The Bertz CT molecular complexity index is 356. The Labute approximate surface area is 103 Å². The standard InChI is InChI=1S/C13H22N2O2/c1-9-4-5-12(8-16)6-15(9)7-13-10(2)14-17-11(13)3/h9,12,16H,4-8H2,1-3H3. The van der Waals surface area contributed by atoms with Crippen LogP contribution < -0.4 is 0 Å². The van der Waals surface area contributed by atoms with Crippen LogP contribution in [0.1, 0.15) is 36.8 Å². The van der Waals surface area contributed by atoms with E-state index in [9.17, 15) is 5.11 Å². The molecule has 0 bridgehead atoms. The number of aromatic nitrogens is 1. The summed E-state index contributed by atoms with van der Waals surface area (Å²) in [6, 6.07) is 0.575. The summed E-state index contributed by atoms with van der Waals surface area (Å²) in [6.07, 6.45) is 2.30. The molecule has 96 valence electrons. The lowest BCUT2D eigenvalue weighted by atomic mass is 9.93. The average Bonchev–Trinajstić information content (AvgIpc) is 2.63. The maximum absolute atomic E-state index is 9.27. The minimum Gasteiger partial charge on any atom is -0.396 e. The smallest absolute Gasteiger partial charge is 0.138 e. The lowest BCUT2D eigenvalue weighted by molar-refractivity contribution is 0.0767. The number of aliphatic hydroxyl groups is 1. The molecule has 17 heavy (non-hydrogen) atoms. The second kappa shape index (κ2) is 5.19. The molecular weight excluding hydrogens is 216 g/mol. The fraction of sp³-hybridized carbons (Fsp3) is 0.769. The normalized spacial score (nSPS) is 26.4. The highest BCUT2D eigenvalue weighted by atomic mass is 16.5. The average molecular weight is 238 g/mol. The number of piperidine rings is 1. The Hall–Kier alpha value is -0.870. The second-order valence-corrected chi connectivity index (χ2v) is 5.21. The van der Waals surface area contributed by atoms with Gasteiger partial charge in [0, 0.05) is 31.3 Å². The predicted octanol–water partition coefficient (Wildman–Crippen LogP) is 1.88. The molecule has 0 saturated carbocycles. The van der Waals surface area contributed by atoms with Gasteiger partial charge >= 0.3 is 0 Å². The molecular formula is C13H22N2O2. The highest BCUT2D eigenvalue weighted by Crippen LogP contribution is 2.25. The van der Waals surface area contributed by atoms with Crippen LogP contribution in [0.3, 0.4) is 0 Å².